The summed E-state index contributed by atoms with van der Waals surface area (Å²) in [5.74, 6) is 0.0665. The van der Waals surface area contributed by atoms with Crippen molar-refractivity contribution in [3.63, 3.8) is 0 Å². The first kappa shape index (κ1) is 83.1. The summed E-state index contributed by atoms with van der Waals surface area (Å²) in [6.45, 7) is 11.7. The van der Waals surface area contributed by atoms with Crippen LogP contribution in [-0.4, -0.2) is 96.7 Å². The van der Waals surface area contributed by atoms with Crippen molar-refractivity contribution in [1.82, 2.24) is 0 Å². The zero-order valence-corrected chi connectivity index (χ0v) is 56.9. The Labute approximate surface area is 517 Å². The van der Waals surface area contributed by atoms with Crippen molar-refractivity contribution < 1.29 is 80.2 Å². The summed E-state index contributed by atoms with van der Waals surface area (Å²) in [7, 11) is -9.89. The predicted molar refractivity (Wildman–Crippen MR) is 340 cm³/mol. The van der Waals surface area contributed by atoms with Gasteiger partial charge in [-0.15, -0.1) is 0 Å². The van der Waals surface area contributed by atoms with Gasteiger partial charge in [0.2, 0.25) is 0 Å². The number of esters is 4. The summed E-state index contributed by atoms with van der Waals surface area (Å²) < 4.78 is 68.0. The number of unbranched alkanes of at least 4 members (excludes halogenated alkanes) is 32. The van der Waals surface area contributed by atoms with Crippen molar-refractivity contribution in [3.05, 3.63) is 0 Å². The lowest BCUT2D eigenvalue weighted by atomic mass is 10.0. The summed E-state index contributed by atoms with van der Waals surface area (Å²) in [5.41, 5.74) is 0. The van der Waals surface area contributed by atoms with E-state index in [1.807, 2.05) is 0 Å². The van der Waals surface area contributed by atoms with Gasteiger partial charge in [-0.25, -0.2) is 9.13 Å². The van der Waals surface area contributed by atoms with Crippen LogP contribution in [0.2, 0.25) is 0 Å². The molecule has 0 fully saturated rings. The van der Waals surface area contributed by atoms with Crippen LogP contribution in [0.5, 0.6) is 0 Å². The van der Waals surface area contributed by atoms with Gasteiger partial charge in [0.05, 0.1) is 26.4 Å². The molecule has 0 aromatic heterocycles. The number of phosphoric acid groups is 2. The Kier molecular flexibility index (Phi) is 55.9. The zero-order valence-electron chi connectivity index (χ0n) is 55.1. The van der Waals surface area contributed by atoms with Gasteiger partial charge in [-0.3, -0.25) is 37.3 Å². The van der Waals surface area contributed by atoms with Crippen LogP contribution in [0.4, 0.5) is 0 Å². The lowest BCUT2D eigenvalue weighted by Gasteiger charge is -2.21. The number of rotatable bonds is 64. The Morgan fingerprint density at radius 1 is 0.318 bits per heavy atom. The minimum Gasteiger partial charge on any atom is -0.462 e. The van der Waals surface area contributed by atoms with Crippen molar-refractivity contribution in [3.8, 4) is 0 Å². The highest BCUT2D eigenvalue weighted by Gasteiger charge is 2.30. The summed E-state index contributed by atoms with van der Waals surface area (Å²) in [6, 6.07) is 0. The van der Waals surface area contributed by atoms with E-state index in [9.17, 15) is 43.2 Å². The molecule has 17 nitrogen and oxygen atoms in total. The molecule has 504 valence electrons. The fraction of sp³-hybridized carbons (Fsp3) is 0.939. The van der Waals surface area contributed by atoms with Crippen molar-refractivity contribution in [2.45, 2.75) is 343 Å². The maximum absolute atomic E-state index is 13.0. The normalized spacial score (nSPS) is 14.3. The Bertz CT molecular complexity index is 1680. The number of aliphatic hydroxyl groups is 1. The van der Waals surface area contributed by atoms with Gasteiger partial charge >= 0.3 is 39.5 Å². The molecule has 0 spiro atoms. The van der Waals surface area contributed by atoms with Crippen LogP contribution >= 0.6 is 15.6 Å². The average molecular weight is 1260 g/mol. The molecule has 0 radical (unpaired) electrons. The molecule has 0 aromatic rings. The molecular formula is C66H128O17P2. The van der Waals surface area contributed by atoms with Gasteiger partial charge in [-0.2, -0.15) is 0 Å². The molecule has 0 aliphatic rings. The maximum Gasteiger partial charge on any atom is 0.472 e. The van der Waals surface area contributed by atoms with Gasteiger partial charge in [0.25, 0.3) is 0 Å². The van der Waals surface area contributed by atoms with Crippen molar-refractivity contribution in [2.24, 2.45) is 17.8 Å². The number of aliphatic hydroxyl groups excluding tert-OH is 1. The monoisotopic (exact) mass is 1250 g/mol. The first-order chi connectivity index (χ1) is 40.7. The molecule has 0 heterocycles. The van der Waals surface area contributed by atoms with E-state index in [2.05, 4.69) is 48.5 Å². The highest BCUT2D eigenvalue weighted by Crippen LogP contribution is 2.45. The lowest BCUT2D eigenvalue weighted by Crippen LogP contribution is -2.30. The van der Waals surface area contributed by atoms with Gasteiger partial charge in [0, 0.05) is 25.7 Å². The molecule has 0 aromatic carbocycles. The summed E-state index contributed by atoms with van der Waals surface area (Å²) in [4.78, 5) is 72.2. The fourth-order valence-corrected chi connectivity index (χ4v) is 11.4. The van der Waals surface area contributed by atoms with Crippen LogP contribution in [0.3, 0.4) is 0 Å². The number of hydrogen-bond acceptors (Lipinski definition) is 15. The number of phosphoric ester groups is 2. The molecule has 5 atom stereocenters. The van der Waals surface area contributed by atoms with E-state index in [0.29, 0.717) is 31.6 Å². The summed E-state index contributed by atoms with van der Waals surface area (Å²) in [5, 5.41) is 10.5. The minimum atomic E-state index is -4.95. The van der Waals surface area contributed by atoms with Crippen LogP contribution in [-0.2, 0) is 65.4 Å². The van der Waals surface area contributed by atoms with Crippen LogP contribution in [0, 0.1) is 17.8 Å². The highest BCUT2D eigenvalue weighted by molar-refractivity contribution is 7.47. The number of hydrogen-bond donors (Lipinski definition) is 3. The molecule has 0 rings (SSSR count). The fourth-order valence-electron chi connectivity index (χ4n) is 9.83. The molecule has 0 saturated heterocycles. The third-order valence-corrected chi connectivity index (χ3v) is 17.0. The molecule has 2 unspecified atom stereocenters. The van der Waals surface area contributed by atoms with Gasteiger partial charge in [-0.05, 0) is 43.4 Å². The molecule has 3 N–H and O–H groups in total. The van der Waals surface area contributed by atoms with Gasteiger partial charge in [0.1, 0.15) is 19.3 Å². The van der Waals surface area contributed by atoms with Gasteiger partial charge < -0.3 is 33.8 Å². The van der Waals surface area contributed by atoms with Crippen molar-refractivity contribution >= 4 is 39.5 Å². The van der Waals surface area contributed by atoms with Crippen LogP contribution in [0.1, 0.15) is 325 Å². The Balaban J connectivity index is 5.22. The predicted octanol–water partition coefficient (Wildman–Crippen LogP) is 18.3. The van der Waals surface area contributed by atoms with E-state index in [1.165, 1.54) is 128 Å². The molecule has 0 aliphatic carbocycles. The smallest absolute Gasteiger partial charge is 0.462 e. The summed E-state index contributed by atoms with van der Waals surface area (Å²) in [6.07, 6.45) is 39.1. The van der Waals surface area contributed by atoms with Gasteiger partial charge in [-0.1, -0.05) is 273 Å². The lowest BCUT2D eigenvalue weighted by molar-refractivity contribution is -0.161. The molecule has 0 bridgehead atoms. The largest absolute Gasteiger partial charge is 0.472 e. The number of carbonyl (C=O) groups is 4. The Hall–Kier alpha value is -1.94. The third-order valence-electron chi connectivity index (χ3n) is 15.1. The highest BCUT2D eigenvalue weighted by atomic mass is 31.2. The van der Waals surface area contributed by atoms with E-state index in [-0.39, 0.29) is 25.7 Å². The van der Waals surface area contributed by atoms with E-state index in [0.717, 1.165) is 108 Å². The molecule has 0 aliphatic heterocycles. The standard InChI is InChI=1S/C66H128O17P2/c1-8-9-10-11-12-25-33-40-47-63(68)76-54-62(83-66(71)50-43-36-29-28-32-39-46-59(6)7)56-81-85(74,75)79-52-60(67)51-78-84(72,73)80-55-61(53-77-64(69)48-41-34-26-21-18-17-20-24-31-38-45-58(4)5)82-65(70)49-42-35-27-22-16-14-13-15-19-23-30-37-44-57(2)3/h57-62,67H,8-56H2,1-7H3,(H,72,73)(H,74,75)/t60-,61-,62-/m1/s1. The first-order valence-corrected chi connectivity index (χ1v) is 37.3. The molecule has 0 saturated carbocycles. The second-order valence-electron chi connectivity index (χ2n) is 25.3. The van der Waals surface area contributed by atoms with Crippen LogP contribution in [0.15, 0.2) is 0 Å². The maximum atomic E-state index is 13.0. The van der Waals surface area contributed by atoms with Crippen molar-refractivity contribution in [1.29, 1.82) is 0 Å². The zero-order chi connectivity index (χ0) is 63.1. The average Bonchev–Trinajstić information content (AvgIpc) is 3.57. The van der Waals surface area contributed by atoms with Crippen LogP contribution in [0.25, 0.3) is 0 Å². The second-order valence-corrected chi connectivity index (χ2v) is 28.2. The molecule has 0 amide bonds. The SMILES string of the molecule is CCCCCCCCCCC(=O)OC[C@H](COP(=O)(O)OC[C@H](O)COP(=O)(O)OC[C@@H](COC(=O)CCCCCCCCCCCCC(C)C)OC(=O)CCCCCCCCCCCCCCC(C)C)OC(=O)CCCCCCCCC(C)C. The van der Waals surface area contributed by atoms with E-state index < -0.39 is 97.5 Å². The topological polar surface area (TPSA) is 237 Å². The van der Waals surface area contributed by atoms with E-state index >= 15 is 0 Å². The second kappa shape index (κ2) is 57.2. The Morgan fingerprint density at radius 2 is 0.541 bits per heavy atom. The van der Waals surface area contributed by atoms with Crippen molar-refractivity contribution in [2.75, 3.05) is 39.6 Å². The molecular weight excluding hydrogens is 1130 g/mol. The number of ether oxygens (including phenoxy) is 4. The first-order valence-electron chi connectivity index (χ1n) is 34.3. The van der Waals surface area contributed by atoms with Gasteiger partial charge in [0.15, 0.2) is 12.2 Å². The van der Waals surface area contributed by atoms with Crippen LogP contribution < -0.4 is 0 Å². The van der Waals surface area contributed by atoms with E-state index in [1.54, 1.807) is 0 Å². The molecule has 19 heteroatoms. The minimum absolute atomic E-state index is 0.102. The Morgan fingerprint density at radius 3 is 0.800 bits per heavy atom. The number of carbonyl (C=O) groups excluding carboxylic acids is 4. The third kappa shape index (κ3) is 60.7. The quantitative estimate of drug-likeness (QED) is 0.0222. The molecule has 85 heavy (non-hydrogen) atoms. The summed E-state index contributed by atoms with van der Waals surface area (Å²) >= 11 is 0. The van der Waals surface area contributed by atoms with E-state index in [4.69, 9.17) is 37.0 Å².